The molecule has 17 nitrogen and oxygen atoms in total. The molecule has 7 atom stereocenters. The highest BCUT2D eigenvalue weighted by Crippen LogP contribution is 2.45. The van der Waals surface area contributed by atoms with Gasteiger partial charge in [0.25, 0.3) is 0 Å². The number of rotatable bonds is 61. The SMILES string of the molecule is CCC(C)CCCCCCCCCCC(=O)OC[C@H](COP(=O)(O)OC[C@@H](O)COP(=O)(O)OC[C@@H](COC(=O)CCCCCCCCC(C)C)OC(=O)CCCCCCCCCCCC(C)C)OC(=O)CCCCCCCCC(C)CC. The summed E-state index contributed by atoms with van der Waals surface area (Å²) in [5.74, 6) is 0.771. The Morgan fingerprint density at radius 2 is 0.578 bits per heavy atom. The van der Waals surface area contributed by atoms with Crippen molar-refractivity contribution in [2.75, 3.05) is 39.6 Å². The maximum absolute atomic E-state index is 13.0. The quantitative estimate of drug-likeness (QED) is 0.0222. The third-order valence-electron chi connectivity index (χ3n) is 15.3. The number of carbonyl (C=O) groups is 4. The molecule has 0 aromatic rings. The molecule has 19 heteroatoms. The van der Waals surface area contributed by atoms with Gasteiger partial charge >= 0.3 is 39.5 Å². The molecule has 0 spiro atoms. The van der Waals surface area contributed by atoms with E-state index in [1.807, 2.05) is 0 Å². The Morgan fingerprint density at radius 3 is 0.855 bits per heavy atom. The number of phosphoric ester groups is 2. The van der Waals surface area contributed by atoms with Crippen LogP contribution in [0.25, 0.3) is 0 Å². The van der Waals surface area contributed by atoms with E-state index in [4.69, 9.17) is 37.0 Å². The van der Waals surface area contributed by atoms with Gasteiger partial charge in [-0.2, -0.15) is 0 Å². The Hall–Kier alpha value is -1.94. The van der Waals surface area contributed by atoms with Crippen molar-refractivity contribution in [2.45, 2.75) is 324 Å². The summed E-state index contributed by atoms with van der Waals surface area (Å²) in [5.41, 5.74) is 0. The van der Waals surface area contributed by atoms with Crippen LogP contribution in [-0.2, 0) is 65.4 Å². The van der Waals surface area contributed by atoms with Crippen LogP contribution in [0.1, 0.15) is 306 Å². The number of esters is 4. The average Bonchev–Trinajstić information content (AvgIpc) is 3.46. The van der Waals surface area contributed by atoms with Gasteiger partial charge in [-0.1, -0.05) is 254 Å². The van der Waals surface area contributed by atoms with E-state index >= 15 is 0 Å². The first-order valence-corrected chi connectivity index (χ1v) is 36.3. The standard InChI is InChI=1S/C64H124O17P2/c1-9-56(7)42-34-26-17-14-15-18-28-36-44-61(66)74-50-60(81-64(69)47-39-31-23-21-27-35-43-57(8)10-2)53-79-83(72,73)77-49-58(65)48-76-82(70,71)78-52-59(51-75-62(67)45-37-29-22-20-25-33-41-55(5)6)80-63(68)46-38-30-19-13-11-12-16-24-32-40-54(3)4/h54-60,65H,9-53H2,1-8H3,(H,70,71)(H,72,73)/t56?,57?,58-,59+,60+/m0/s1. The van der Waals surface area contributed by atoms with Gasteiger partial charge < -0.3 is 33.8 Å². The summed E-state index contributed by atoms with van der Waals surface area (Å²) in [6.45, 7) is 13.9. The Bertz CT molecular complexity index is 1670. The number of carbonyl (C=O) groups excluding carboxylic acids is 4. The van der Waals surface area contributed by atoms with E-state index in [1.54, 1.807) is 0 Å². The van der Waals surface area contributed by atoms with Gasteiger partial charge in [0.1, 0.15) is 19.3 Å². The minimum Gasteiger partial charge on any atom is -0.462 e. The van der Waals surface area contributed by atoms with E-state index in [1.165, 1.54) is 103 Å². The third kappa shape index (κ3) is 56.3. The lowest BCUT2D eigenvalue weighted by Crippen LogP contribution is -2.30. The zero-order chi connectivity index (χ0) is 61.8. The third-order valence-corrected chi connectivity index (χ3v) is 17.2. The van der Waals surface area contributed by atoms with E-state index in [-0.39, 0.29) is 25.7 Å². The second kappa shape index (κ2) is 54.2. The molecule has 0 aliphatic heterocycles. The van der Waals surface area contributed by atoms with E-state index in [2.05, 4.69) is 55.4 Å². The molecule has 0 saturated heterocycles. The molecule has 0 heterocycles. The summed E-state index contributed by atoms with van der Waals surface area (Å²) in [6.07, 6.45) is 33.6. The van der Waals surface area contributed by atoms with Crippen molar-refractivity contribution in [3.63, 3.8) is 0 Å². The predicted molar refractivity (Wildman–Crippen MR) is 331 cm³/mol. The van der Waals surface area contributed by atoms with Gasteiger partial charge in [0.2, 0.25) is 0 Å². The Morgan fingerprint density at radius 1 is 0.337 bits per heavy atom. The minimum absolute atomic E-state index is 0.102. The molecule has 492 valence electrons. The van der Waals surface area contributed by atoms with Crippen molar-refractivity contribution >= 4 is 39.5 Å². The average molecular weight is 1230 g/mol. The Kier molecular flexibility index (Phi) is 53.0. The maximum Gasteiger partial charge on any atom is 0.472 e. The van der Waals surface area contributed by atoms with Crippen molar-refractivity contribution in [1.82, 2.24) is 0 Å². The van der Waals surface area contributed by atoms with Crippen LogP contribution in [0, 0.1) is 23.7 Å². The van der Waals surface area contributed by atoms with Crippen LogP contribution in [0.15, 0.2) is 0 Å². The smallest absolute Gasteiger partial charge is 0.462 e. The minimum atomic E-state index is -4.95. The van der Waals surface area contributed by atoms with Crippen LogP contribution in [-0.4, -0.2) is 96.7 Å². The molecular weight excluding hydrogens is 1100 g/mol. The topological polar surface area (TPSA) is 237 Å². The number of aliphatic hydroxyl groups is 1. The lowest BCUT2D eigenvalue weighted by Gasteiger charge is -2.21. The molecule has 0 bridgehead atoms. The van der Waals surface area contributed by atoms with Gasteiger partial charge in [-0.15, -0.1) is 0 Å². The van der Waals surface area contributed by atoms with Gasteiger partial charge in [-0.25, -0.2) is 9.13 Å². The zero-order valence-corrected chi connectivity index (χ0v) is 55.6. The summed E-state index contributed by atoms with van der Waals surface area (Å²) < 4.78 is 68.0. The lowest BCUT2D eigenvalue weighted by atomic mass is 9.99. The number of phosphoric acid groups is 2. The highest BCUT2D eigenvalue weighted by molar-refractivity contribution is 7.47. The molecule has 0 radical (unpaired) electrons. The maximum atomic E-state index is 13.0. The van der Waals surface area contributed by atoms with Crippen LogP contribution in [0.3, 0.4) is 0 Å². The number of ether oxygens (including phenoxy) is 4. The van der Waals surface area contributed by atoms with Gasteiger partial charge in [0.05, 0.1) is 26.4 Å². The van der Waals surface area contributed by atoms with Crippen LogP contribution >= 0.6 is 15.6 Å². The molecule has 0 aliphatic carbocycles. The molecule has 0 aliphatic rings. The van der Waals surface area contributed by atoms with Gasteiger partial charge in [-0.05, 0) is 49.4 Å². The highest BCUT2D eigenvalue weighted by atomic mass is 31.2. The molecule has 0 fully saturated rings. The fourth-order valence-corrected chi connectivity index (χ4v) is 10.9. The largest absolute Gasteiger partial charge is 0.472 e. The highest BCUT2D eigenvalue weighted by Gasteiger charge is 2.30. The van der Waals surface area contributed by atoms with Crippen molar-refractivity contribution < 1.29 is 80.2 Å². The van der Waals surface area contributed by atoms with Gasteiger partial charge in [0, 0.05) is 25.7 Å². The zero-order valence-electron chi connectivity index (χ0n) is 53.8. The lowest BCUT2D eigenvalue weighted by molar-refractivity contribution is -0.161. The van der Waals surface area contributed by atoms with Crippen LogP contribution in [0.5, 0.6) is 0 Å². The molecule has 0 rings (SSSR count). The molecular formula is C64H124O17P2. The number of aliphatic hydroxyl groups excluding tert-OH is 1. The van der Waals surface area contributed by atoms with E-state index in [9.17, 15) is 43.2 Å². The van der Waals surface area contributed by atoms with Crippen LogP contribution < -0.4 is 0 Å². The second-order valence-corrected chi connectivity index (χ2v) is 27.5. The Labute approximate surface area is 505 Å². The first-order valence-electron chi connectivity index (χ1n) is 33.3. The first-order chi connectivity index (χ1) is 39.7. The molecule has 3 N–H and O–H groups in total. The monoisotopic (exact) mass is 1230 g/mol. The number of hydrogen-bond donors (Lipinski definition) is 3. The summed E-state index contributed by atoms with van der Waals surface area (Å²) >= 11 is 0. The summed E-state index contributed by atoms with van der Waals surface area (Å²) in [7, 11) is -9.89. The fraction of sp³-hybridized carbons (Fsp3) is 0.938. The molecule has 0 saturated carbocycles. The molecule has 0 aromatic heterocycles. The number of unbranched alkanes of at least 4 members (excludes halogenated alkanes) is 25. The van der Waals surface area contributed by atoms with Crippen molar-refractivity contribution in [3.05, 3.63) is 0 Å². The molecule has 83 heavy (non-hydrogen) atoms. The summed E-state index contributed by atoms with van der Waals surface area (Å²) in [5, 5.41) is 10.5. The Balaban J connectivity index is 5.26. The second-order valence-electron chi connectivity index (χ2n) is 24.6. The van der Waals surface area contributed by atoms with E-state index < -0.39 is 97.5 Å². The first kappa shape index (κ1) is 81.1. The summed E-state index contributed by atoms with van der Waals surface area (Å²) in [4.78, 5) is 72.2. The van der Waals surface area contributed by atoms with Crippen molar-refractivity contribution in [2.24, 2.45) is 23.7 Å². The van der Waals surface area contributed by atoms with Gasteiger partial charge in [0.15, 0.2) is 12.2 Å². The normalized spacial score (nSPS) is 15.1. The molecule has 4 unspecified atom stereocenters. The predicted octanol–water partition coefficient (Wildman–Crippen LogP) is 17.4. The van der Waals surface area contributed by atoms with E-state index in [0.717, 1.165) is 114 Å². The van der Waals surface area contributed by atoms with Crippen LogP contribution in [0.4, 0.5) is 0 Å². The van der Waals surface area contributed by atoms with Crippen molar-refractivity contribution in [1.29, 1.82) is 0 Å². The number of hydrogen-bond acceptors (Lipinski definition) is 15. The van der Waals surface area contributed by atoms with E-state index in [0.29, 0.717) is 31.6 Å². The molecule has 0 aromatic carbocycles. The van der Waals surface area contributed by atoms with Crippen molar-refractivity contribution in [3.8, 4) is 0 Å². The fourth-order valence-electron chi connectivity index (χ4n) is 9.36. The summed E-state index contributed by atoms with van der Waals surface area (Å²) in [6, 6.07) is 0. The molecule has 0 amide bonds. The van der Waals surface area contributed by atoms with Gasteiger partial charge in [-0.3, -0.25) is 37.3 Å². The van der Waals surface area contributed by atoms with Crippen LogP contribution in [0.2, 0.25) is 0 Å².